The van der Waals surface area contributed by atoms with Gasteiger partial charge < -0.3 is 10.0 Å². The van der Waals surface area contributed by atoms with E-state index in [4.69, 9.17) is 23.2 Å². The van der Waals surface area contributed by atoms with Crippen LogP contribution in [0.1, 0.15) is 30.4 Å². The number of rotatable bonds is 5. The molecule has 0 heterocycles. The first-order chi connectivity index (χ1) is 12.9. The van der Waals surface area contributed by atoms with Gasteiger partial charge in [0, 0.05) is 28.9 Å². The molecule has 2 aromatic rings. The van der Waals surface area contributed by atoms with Gasteiger partial charge in [0.1, 0.15) is 0 Å². The van der Waals surface area contributed by atoms with Crippen molar-refractivity contribution in [2.45, 2.75) is 31.3 Å². The van der Waals surface area contributed by atoms with E-state index < -0.39 is 5.60 Å². The third-order valence-corrected chi connectivity index (χ3v) is 5.88. The second-order valence-corrected chi connectivity index (χ2v) is 8.68. The summed E-state index contributed by atoms with van der Waals surface area (Å²) >= 11 is 12.2. The van der Waals surface area contributed by atoms with Crippen molar-refractivity contribution >= 4 is 29.3 Å². The van der Waals surface area contributed by atoms with Crippen LogP contribution >= 0.6 is 23.2 Å². The van der Waals surface area contributed by atoms with E-state index in [2.05, 4.69) is 25.1 Å². The van der Waals surface area contributed by atoms with Crippen LogP contribution in [0.2, 0.25) is 10.0 Å². The number of halogens is 2. The van der Waals surface area contributed by atoms with Crippen LogP contribution < -0.4 is 0 Å². The molecule has 1 fully saturated rings. The lowest BCUT2D eigenvalue weighted by Crippen LogP contribution is -2.48. The summed E-state index contributed by atoms with van der Waals surface area (Å²) in [6.07, 6.45) is 5.74. The predicted molar refractivity (Wildman–Crippen MR) is 115 cm³/mol. The van der Waals surface area contributed by atoms with Crippen LogP contribution in [0.25, 0.3) is 6.08 Å². The zero-order valence-corrected chi connectivity index (χ0v) is 17.5. The van der Waals surface area contributed by atoms with Crippen LogP contribution in [-0.2, 0) is 6.42 Å². The summed E-state index contributed by atoms with van der Waals surface area (Å²) < 4.78 is 0. The summed E-state index contributed by atoms with van der Waals surface area (Å²) in [5.41, 5.74) is 2.36. The fraction of sp³-hybridized carbons (Fsp3) is 0.391. The van der Waals surface area contributed by atoms with Crippen LogP contribution in [0.4, 0.5) is 0 Å². The van der Waals surface area contributed by atoms with Crippen LogP contribution in [-0.4, -0.2) is 36.2 Å². The van der Waals surface area contributed by atoms with Gasteiger partial charge in [0.2, 0.25) is 0 Å². The van der Waals surface area contributed by atoms with Crippen molar-refractivity contribution in [3.05, 3.63) is 75.3 Å². The first-order valence-electron chi connectivity index (χ1n) is 9.45. The molecule has 4 heteroatoms. The van der Waals surface area contributed by atoms with Gasteiger partial charge in [-0.05, 0) is 74.3 Å². The summed E-state index contributed by atoms with van der Waals surface area (Å²) in [5.74, 6) is 0.179. The molecular weight excluding hydrogens is 377 g/mol. The van der Waals surface area contributed by atoms with Crippen molar-refractivity contribution in [2.24, 2.45) is 5.92 Å². The number of nitrogens with zero attached hydrogens (tertiary/aromatic N) is 1. The van der Waals surface area contributed by atoms with E-state index >= 15 is 0 Å². The standard InChI is InChI=1S/C23H27Cl2NO/c1-26(2)16-20-7-4-6-19(13-17-9-11-21(24)12-10-17)23(20,27)15-18-5-3-8-22(25)14-18/h3,5,8-14,20,27H,4,6-7,15-16H2,1-2H3/b19-13+. The minimum atomic E-state index is -0.882. The Labute approximate surface area is 172 Å². The molecular formula is C23H27Cl2NO. The van der Waals surface area contributed by atoms with E-state index in [0.717, 1.165) is 47.5 Å². The normalized spacial score (nSPS) is 24.5. The van der Waals surface area contributed by atoms with E-state index in [1.807, 2.05) is 48.5 Å². The second-order valence-electron chi connectivity index (χ2n) is 7.80. The predicted octanol–water partition coefficient (Wildman–Crippen LogP) is 5.71. The highest BCUT2D eigenvalue weighted by Crippen LogP contribution is 2.42. The third kappa shape index (κ3) is 5.14. The summed E-state index contributed by atoms with van der Waals surface area (Å²) in [7, 11) is 4.13. The quantitative estimate of drug-likeness (QED) is 0.690. The Kier molecular flexibility index (Phi) is 6.65. The lowest BCUT2D eigenvalue weighted by atomic mass is 9.68. The number of benzene rings is 2. The van der Waals surface area contributed by atoms with Crippen molar-refractivity contribution in [3.8, 4) is 0 Å². The van der Waals surface area contributed by atoms with Gasteiger partial charge in [0.05, 0.1) is 5.60 Å². The van der Waals surface area contributed by atoms with Crippen molar-refractivity contribution in [1.82, 2.24) is 4.90 Å². The number of hydrogen-bond acceptors (Lipinski definition) is 2. The van der Waals surface area contributed by atoms with Crippen LogP contribution in [0.15, 0.2) is 54.1 Å². The molecule has 0 spiro atoms. The highest BCUT2D eigenvalue weighted by molar-refractivity contribution is 6.30. The van der Waals surface area contributed by atoms with E-state index in [0.29, 0.717) is 11.4 Å². The molecule has 0 aliphatic heterocycles. The van der Waals surface area contributed by atoms with Crippen LogP contribution in [0.3, 0.4) is 0 Å². The Morgan fingerprint density at radius 3 is 2.52 bits per heavy atom. The Balaban J connectivity index is 1.99. The fourth-order valence-electron chi connectivity index (χ4n) is 4.11. The topological polar surface area (TPSA) is 23.5 Å². The van der Waals surface area contributed by atoms with E-state index in [1.165, 1.54) is 0 Å². The Bertz CT molecular complexity index is 800. The first kappa shape index (κ1) is 20.4. The zero-order valence-electron chi connectivity index (χ0n) is 16.0. The Morgan fingerprint density at radius 2 is 1.85 bits per heavy atom. The van der Waals surface area contributed by atoms with Gasteiger partial charge >= 0.3 is 0 Å². The monoisotopic (exact) mass is 403 g/mol. The van der Waals surface area contributed by atoms with Gasteiger partial charge in [0.25, 0.3) is 0 Å². The number of aliphatic hydroxyl groups is 1. The van der Waals surface area contributed by atoms with E-state index in [9.17, 15) is 5.11 Å². The smallest absolute Gasteiger partial charge is 0.0940 e. The average molecular weight is 404 g/mol. The molecule has 27 heavy (non-hydrogen) atoms. The molecule has 144 valence electrons. The Hall–Kier alpha value is -1.32. The first-order valence-corrected chi connectivity index (χ1v) is 10.2. The van der Waals surface area contributed by atoms with E-state index in [1.54, 1.807) is 0 Å². The van der Waals surface area contributed by atoms with Gasteiger partial charge in [-0.3, -0.25) is 0 Å². The maximum atomic E-state index is 11.9. The Morgan fingerprint density at radius 1 is 1.11 bits per heavy atom. The van der Waals surface area contributed by atoms with E-state index in [-0.39, 0.29) is 5.92 Å². The van der Waals surface area contributed by atoms with Crippen molar-refractivity contribution in [2.75, 3.05) is 20.6 Å². The molecule has 1 saturated carbocycles. The maximum Gasteiger partial charge on any atom is 0.0940 e. The molecule has 0 radical (unpaired) electrons. The molecule has 0 amide bonds. The van der Waals surface area contributed by atoms with Gasteiger partial charge in [0.15, 0.2) is 0 Å². The summed E-state index contributed by atoms with van der Waals surface area (Å²) in [4.78, 5) is 2.17. The number of hydrogen-bond donors (Lipinski definition) is 1. The van der Waals surface area contributed by atoms with Crippen LogP contribution in [0.5, 0.6) is 0 Å². The molecule has 1 N–H and O–H groups in total. The summed E-state index contributed by atoms with van der Waals surface area (Å²) in [6.45, 7) is 0.856. The van der Waals surface area contributed by atoms with Gasteiger partial charge in [-0.2, -0.15) is 0 Å². The SMILES string of the molecule is CN(C)CC1CCC/C(=C\c2ccc(Cl)cc2)C1(O)Cc1cccc(Cl)c1. The fourth-order valence-corrected chi connectivity index (χ4v) is 4.45. The van der Waals surface area contributed by atoms with Crippen molar-refractivity contribution < 1.29 is 5.11 Å². The highest BCUT2D eigenvalue weighted by atomic mass is 35.5. The molecule has 1 aliphatic carbocycles. The molecule has 2 nitrogen and oxygen atoms in total. The largest absolute Gasteiger partial charge is 0.385 e. The highest BCUT2D eigenvalue weighted by Gasteiger charge is 2.42. The lowest BCUT2D eigenvalue weighted by molar-refractivity contribution is -0.0123. The minimum absolute atomic E-state index is 0.179. The molecule has 0 bridgehead atoms. The van der Waals surface area contributed by atoms with Crippen molar-refractivity contribution in [1.29, 1.82) is 0 Å². The van der Waals surface area contributed by atoms with Gasteiger partial charge in [-0.1, -0.05) is 53.5 Å². The molecule has 2 aromatic carbocycles. The van der Waals surface area contributed by atoms with Gasteiger partial charge in [-0.15, -0.1) is 0 Å². The third-order valence-electron chi connectivity index (χ3n) is 5.39. The summed E-state index contributed by atoms with van der Waals surface area (Å²) in [5, 5.41) is 13.4. The maximum absolute atomic E-state index is 11.9. The molecule has 1 aliphatic rings. The lowest BCUT2D eigenvalue weighted by Gasteiger charge is -2.43. The van der Waals surface area contributed by atoms with Gasteiger partial charge in [-0.25, -0.2) is 0 Å². The molecule has 0 saturated heterocycles. The van der Waals surface area contributed by atoms with Crippen LogP contribution in [0, 0.1) is 5.92 Å². The summed E-state index contributed by atoms with van der Waals surface area (Å²) in [6, 6.07) is 15.6. The molecule has 3 rings (SSSR count). The molecule has 2 atom stereocenters. The average Bonchev–Trinajstić information content (AvgIpc) is 2.60. The molecule has 2 unspecified atom stereocenters. The zero-order chi connectivity index (χ0) is 19.4. The van der Waals surface area contributed by atoms with Crippen molar-refractivity contribution in [3.63, 3.8) is 0 Å². The second kappa shape index (κ2) is 8.79. The molecule has 0 aromatic heterocycles. The minimum Gasteiger partial charge on any atom is -0.385 e.